The number of nitrogens with one attached hydrogen (secondary N) is 2. The number of methoxy groups -OCH3 is 1. The molecule has 0 fully saturated rings. The summed E-state index contributed by atoms with van der Waals surface area (Å²) in [7, 11) is -0.0724. The molecule has 142 valence electrons. The van der Waals surface area contributed by atoms with Crippen LogP contribution in [0.1, 0.15) is 15.9 Å². The Morgan fingerprint density at radius 3 is 2.78 bits per heavy atom. The summed E-state index contributed by atoms with van der Waals surface area (Å²) >= 11 is 0. The zero-order chi connectivity index (χ0) is 19.6. The average molecular weight is 388 g/mol. The van der Waals surface area contributed by atoms with Crippen LogP contribution < -0.4 is 14.8 Å². The molecular formula is C18H20N4O4S. The van der Waals surface area contributed by atoms with Gasteiger partial charge in [-0.3, -0.25) is 9.52 Å². The number of carbonyl (C=O) groups is 1. The first-order valence-corrected chi connectivity index (χ1v) is 10.00. The summed E-state index contributed by atoms with van der Waals surface area (Å²) < 4.78 is 32.2. The SMILES string of the molecule is COc1cccc(CNC(=O)c2cn(C)c3ncc(NS(C)(=O)=O)cc23)c1. The molecule has 1 aromatic carbocycles. The van der Waals surface area contributed by atoms with Crippen LogP contribution in [-0.2, 0) is 23.6 Å². The smallest absolute Gasteiger partial charge is 0.253 e. The number of anilines is 1. The van der Waals surface area contributed by atoms with E-state index < -0.39 is 10.0 Å². The number of pyridine rings is 1. The van der Waals surface area contributed by atoms with Crippen molar-refractivity contribution in [3.05, 3.63) is 53.9 Å². The number of amides is 1. The lowest BCUT2D eigenvalue weighted by atomic mass is 10.2. The van der Waals surface area contributed by atoms with Crippen LogP contribution in [0, 0.1) is 0 Å². The topological polar surface area (TPSA) is 102 Å². The average Bonchev–Trinajstić information content (AvgIpc) is 2.95. The van der Waals surface area contributed by atoms with E-state index in [1.165, 1.54) is 6.20 Å². The van der Waals surface area contributed by atoms with Gasteiger partial charge in [0.15, 0.2) is 0 Å². The molecule has 0 saturated carbocycles. The fourth-order valence-electron chi connectivity index (χ4n) is 2.77. The third kappa shape index (κ3) is 4.37. The highest BCUT2D eigenvalue weighted by Crippen LogP contribution is 2.23. The molecule has 0 spiro atoms. The van der Waals surface area contributed by atoms with Gasteiger partial charge in [0.25, 0.3) is 5.91 Å². The molecule has 0 aliphatic rings. The Morgan fingerprint density at radius 1 is 1.30 bits per heavy atom. The lowest BCUT2D eigenvalue weighted by Gasteiger charge is -2.07. The van der Waals surface area contributed by atoms with Crippen molar-refractivity contribution in [1.29, 1.82) is 0 Å². The number of aryl methyl sites for hydroxylation is 1. The molecular weight excluding hydrogens is 368 g/mol. The highest BCUT2D eigenvalue weighted by atomic mass is 32.2. The minimum atomic E-state index is -3.43. The summed E-state index contributed by atoms with van der Waals surface area (Å²) in [5.74, 6) is 0.439. The molecule has 0 aliphatic heterocycles. The maximum Gasteiger partial charge on any atom is 0.253 e. The zero-order valence-electron chi connectivity index (χ0n) is 15.2. The Morgan fingerprint density at radius 2 is 2.07 bits per heavy atom. The zero-order valence-corrected chi connectivity index (χ0v) is 16.0. The van der Waals surface area contributed by atoms with Gasteiger partial charge in [0.1, 0.15) is 11.4 Å². The maximum atomic E-state index is 12.7. The molecule has 8 nitrogen and oxygen atoms in total. The Kier molecular flexibility index (Phi) is 5.04. The highest BCUT2D eigenvalue weighted by Gasteiger charge is 2.16. The minimum Gasteiger partial charge on any atom is -0.497 e. The molecule has 0 bridgehead atoms. The third-order valence-corrected chi connectivity index (χ3v) is 4.56. The van der Waals surface area contributed by atoms with Gasteiger partial charge in [-0.25, -0.2) is 13.4 Å². The summed E-state index contributed by atoms with van der Waals surface area (Å²) in [4.78, 5) is 16.9. The minimum absolute atomic E-state index is 0.276. The Balaban J connectivity index is 1.86. The predicted octanol–water partition coefficient (Wildman–Crippen LogP) is 1.88. The molecule has 2 N–H and O–H groups in total. The van der Waals surface area contributed by atoms with E-state index in [2.05, 4.69) is 15.0 Å². The van der Waals surface area contributed by atoms with E-state index in [9.17, 15) is 13.2 Å². The van der Waals surface area contributed by atoms with E-state index in [-0.39, 0.29) is 5.91 Å². The van der Waals surface area contributed by atoms with E-state index in [0.717, 1.165) is 11.8 Å². The Hall–Kier alpha value is -3.07. The van der Waals surface area contributed by atoms with Crippen LogP contribution in [-0.4, -0.2) is 37.2 Å². The quantitative estimate of drug-likeness (QED) is 0.671. The third-order valence-electron chi connectivity index (χ3n) is 3.95. The molecule has 0 aliphatic carbocycles. The Bertz CT molecular complexity index is 1110. The van der Waals surface area contributed by atoms with Crippen LogP contribution >= 0.6 is 0 Å². The summed E-state index contributed by atoms with van der Waals surface area (Å²) in [5.41, 5.74) is 2.21. The van der Waals surface area contributed by atoms with E-state index in [0.29, 0.717) is 34.6 Å². The monoisotopic (exact) mass is 388 g/mol. The van der Waals surface area contributed by atoms with Crippen LogP contribution in [0.3, 0.4) is 0 Å². The summed E-state index contributed by atoms with van der Waals surface area (Å²) in [6.07, 6.45) is 4.15. The first kappa shape index (κ1) is 18.7. The lowest BCUT2D eigenvalue weighted by molar-refractivity contribution is 0.0952. The van der Waals surface area contributed by atoms with E-state index >= 15 is 0 Å². The number of ether oxygens (including phenoxy) is 1. The van der Waals surface area contributed by atoms with E-state index in [1.807, 2.05) is 24.3 Å². The van der Waals surface area contributed by atoms with Gasteiger partial charge in [0.2, 0.25) is 10.0 Å². The second-order valence-corrected chi connectivity index (χ2v) is 7.91. The largest absolute Gasteiger partial charge is 0.497 e. The van der Waals surface area contributed by atoms with Crippen LogP contribution in [0.25, 0.3) is 11.0 Å². The molecule has 0 radical (unpaired) electrons. The number of rotatable bonds is 6. The number of hydrogen-bond donors (Lipinski definition) is 2. The van der Waals surface area contributed by atoms with Crippen molar-refractivity contribution in [2.75, 3.05) is 18.1 Å². The second kappa shape index (κ2) is 7.28. The normalized spacial score (nSPS) is 11.4. The number of carbonyl (C=O) groups excluding carboxylic acids is 1. The second-order valence-electron chi connectivity index (χ2n) is 6.16. The number of fused-ring (bicyclic) bond motifs is 1. The lowest BCUT2D eigenvalue weighted by Crippen LogP contribution is -2.22. The molecule has 3 aromatic rings. The number of nitrogens with zero attached hydrogens (tertiary/aromatic N) is 2. The molecule has 2 aromatic heterocycles. The summed E-state index contributed by atoms with van der Waals surface area (Å²) in [5, 5.41) is 3.43. The van der Waals surface area contributed by atoms with Crippen molar-refractivity contribution in [2.45, 2.75) is 6.54 Å². The van der Waals surface area contributed by atoms with Gasteiger partial charge < -0.3 is 14.6 Å². The first-order valence-electron chi connectivity index (χ1n) is 8.11. The number of aromatic nitrogens is 2. The van der Waals surface area contributed by atoms with Crippen molar-refractivity contribution in [3.8, 4) is 5.75 Å². The highest BCUT2D eigenvalue weighted by molar-refractivity contribution is 7.92. The van der Waals surface area contributed by atoms with E-state index in [4.69, 9.17) is 4.74 Å². The number of sulfonamides is 1. The van der Waals surface area contributed by atoms with Gasteiger partial charge in [0.05, 0.1) is 30.8 Å². The predicted molar refractivity (Wildman–Crippen MR) is 103 cm³/mol. The molecule has 0 unspecified atom stereocenters. The fourth-order valence-corrected chi connectivity index (χ4v) is 3.31. The number of hydrogen-bond acceptors (Lipinski definition) is 5. The molecule has 0 atom stereocenters. The molecule has 27 heavy (non-hydrogen) atoms. The molecule has 3 rings (SSSR count). The van der Waals surface area contributed by atoms with Crippen molar-refractivity contribution in [3.63, 3.8) is 0 Å². The molecule has 9 heteroatoms. The summed E-state index contributed by atoms with van der Waals surface area (Å²) in [6.45, 7) is 0.334. The molecule has 0 saturated heterocycles. The number of benzene rings is 1. The van der Waals surface area contributed by atoms with Gasteiger partial charge >= 0.3 is 0 Å². The van der Waals surface area contributed by atoms with Crippen molar-refractivity contribution < 1.29 is 17.9 Å². The van der Waals surface area contributed by atoms with E-state index in [1.54, 1.807) is 31.0 Å². The van der Waals surface area contributed by atoms with Gasteiger partial charge in [-0.05, 0) is 23.8 Å². The van der Waals surface area contributed by atoms with Gasteiger partial charge in [-0.1, -0.05) is 12.1 Å². The first-order chi connectivity index (χ1) is 12.8. The molecule has 2 heterocycles. The van der Waals surface area contributed by atoms with Crippen molar-refractivity contribution >= 4 is 32.7 Å². The van der Waals surface area contributed by atoms with Crippen LogP contribution in [0.15, 0.2) is 42.7 Å². The molecule has 1 amide bonds. The van der Waals surface area contributed by atoms with Crippen LogP contribution in [0.2, 0.25) is 0 Å². The van der Waals surface area contributed by atoms with Crippen molar-refractivity contribution in [1.82, 2.24) is 14.9 Å². The van der Waals surface area contributed by atoms with Gasteiger partial charge in [0, 0.05) is 25.2 Å². The van der Waals surface area contributed by atoms with Gasteiger partial charge in [-0.15, -0.1) is 0 Å². The van der Waals surface area contributed by atoms with Crippen molar-refractivity contribution in [2.24, 2.45) is 7.05 Å². The fraction of sp³-hybridized carbons (Fsp3) is 0.222. The standard InChI is InChI=1S/C18H20N4O4S/c1-22-11-16(15-8-13(10-19-17(15)22)21-27(3,24)25)18(23)20-9-12-5-4-6-14(7-12)26-2/h4-8,10-11,21H,9H2,1-3H3,(H,20,23). The Labute approximate surface area is 157 Å². The van der Waals surface area contributed by atoms with Crippen LogP contribution in [0.4, 0.5) is 5.69 Å². The van der Waals surface area contributed by atoms with Crippen LogP contribution in [0.5, 0.6) is 5.75 Å². The van der Waals surface area contributed by atoms with Gasteiger partial charge in [-0.2, -0.15) is 0 Å². The summed E-state index contributed by atoms with van der Waals surface area (Å²) in [6, 6.07) is 9.02. The maximum absolute atomic E-state index is 12.7.